The molecule has 1 aliphatic rings. The summed E-state index contributed by atoms with van der Waals surface area (Å²) < 4.78 is 5.50. The third-order valence-electron chi connectivity index (χ3n) is 5.15. The van der Waals surface area contributed by atoms with E-state index >= 15 is 0 Å². The van der Waals surface area contributed by atoms with Gasteiger partial charge in [0.1, 0.15) is 5.75 Å². The zero-order chi connectivity index (χ0) is 24.4. The van der Waals surface area contributed by atoms with Crippen molar-refractivity contribution in [2.75, 3.05) is 11.5 Å². The van der Waals surface area contributed by atoms with Gasteiger partial charge in [-0.1, -0.05) is 53.0 Å². The Bertz CT molecular complexity index is 1340. The van der Waals surface area contributed by atoms with E-state index in [0.717, 1.165) is 16.7 Å². The summed E-state index contributed by atoms with van der Waals surface area (Å²) in [7, 11) is 0. The summed E-state index contributed by atoms with van der Waals surface area (Å²) in [5.74, 6) is 0.401. The largest absolute Gasteiger partial charge is 0.492 e. The van der Waals surface area contributed by atoms with E-state index in [0.29, 0.717) is 48.9 Å². The van der Waals surface area contributed by atoms with Gasteiger partial charge in [0, 0.05) is 10.0 Å². The van der Waals surface area contributed by atoms with Crippen molar-refractivity contribution in [3.63, 3.8) is 0 Å². The van der Waals surface area contributed by atoms with Gasteiger partial charge in [-0.2, -0.15) is 0 Å². The van der Waals surface area contributed by atoms with E-state index in [-0.39, 0.29) is 5.91 Å². The second kappa shape index (κ2) is 10.4. The van der Waals surface area contributed by atoms with Gasteiger partial charge in [0.2, 0.25) is 0 Å². The van der Waals surface area contributed by atoms with Crippen LogP contribution in [0, 0.1) is 13.8 Å². The third-order valence-corrected chi connectivity index (χ3v) is 7.23. The highest BCUT2D eigenvalue weighted by atomic mass is 35.5. The minimum atomic E-state index is -0.202. The molecule has 0 bridgehead atoms. The van der Waals surface area contributed by atoms with E-state index < -0.39 is 0 Å². The van der Waals surface area contributed by atoms with E-state index in [1.807, 2.05) is 51.1 Å². The Morgan fingerprint density at radius 3 is 2.29 bits per heavy atom. The van der Waals surface area contributed by atoms with E-state index in [1.165, 1.54) is 11.8 Å². The lowest BCUT2D eigenvalue weighted by molar-refractivity contribution is -0.113. The third kappa shape index (κ3) is 5.28. The maximum atomic E-state index is 13.5. The summed E-state index contributed by atoms with van der Waals surface area (Å²) >= 11 is 20.3. The first-order chi connectivity index (χ1) is 16.3. The molecule has 1 fully saturated rings. The van der Waals surface area contributed by atoms with Gasteiger partial charge in [0.15, 0.2) is 5.17 Å². The van der Waals surface area contributed by atoms with Crippen LogP contribution in [0.15, 0.2) is 64.5 Å². The van der Waals surface area contributed by atoms with Crippen LogP contribution in [0.1, 0.15) is 23.6 Å². The maximum Gasteiger partial charge on any atom is 0.271 e. The van der Waals surface area contributed by atoms with Crippen LogP contribution in [0.3, 0.4) is 0 Å². The number of aliphatic imine (C=N–C) groups is 1. The number of anilines is 1. The number of amides is 1. The van der Waals surface area contributed by atoms with Crippen molar-refractivity contribution < 1.29 is 9.53 Å². The molecule has 0 radical (unpaired) electrons. The molecule has 174 valence electrons. The van der Waals surface area contributed by atoms with Gasteiger partial charge in [-0.25, -0.2) is 4.99 Å². The number of halogens is 3. The molecule has 4 nitrogen and oxygen atoms in total. The molecule has 0 spiro atoms. The number of hydrogen-bond donors (Lipinski definition) is 0. The van der Waals surface area contributed by atoms with Crippen LogP contribution in [0.25, 0.3) is 6.08 Å². The Morgan fingerprint density at radius 1 is 0.941 bits per heavy atom. The van der Waals surface area contributed by atoms with Crippen LogP contribution >= 0.6 is 46.6 Å². The first-order valence-electron chi connectivity index (χ1n) is 10.5. The Morgan fingerprint density at radius 2 is 1.65 bits per heavy atom. The molecule has 0 N–H and O–H groups in total. The normalized spacial score (nSPS) is 16.1. The molecule has 1 amide bonds. The van der Waals surface area contributed by atoms with Crippen molar-refractivity contribution in [1.29, 1.82) is 0 Å². The predicted octanol–water partition coefficient (Wildman–Crippen LogP) is 8.47. The molecule has 4 rings (SSSR count). The van der Waals surface area contributed by atoms with Crippen molar-refractivity contribution in [1.82, 2.24) is 0 Å². The van der Waals surface area contributed by atoms with Crippen LogP contribution in [-0.4, -0.2) is 17.7 Å². The summed E-state index contributed by atoms with van der Waals surface area (Å²) in [4.78, 5) is 20.3. The molecule has 0 aromatic heterocycles. The van der Waals surface area contributed by atoms with Crippen molar-refractivity contribution >= 4 is 75.1 Å². The van der Waals surface area contributed by atoms with Crippen molar-refractivity contribution in [3.05, 3.63) is 91.3 Å². The second-order valence-electron chi connectivity index (χ2n) is 7.64. The molecular formula is C26H21Cl3N2O2S. The van der Waals surface area contributed by atoms with Crippen molar-refractivity contribution in [2.24, 2.45) is 4.99 Å². The fraction of sp³-hybridized carbons (Fsp3) is 0.154. The zero-order valence-corrected chi connectivity index (χ0v) is 21.8. The lowest BCUT2D eigenvalue weighted by Gasteiger charge is -2.16. The molecule has 0 aliphatic carbocycles. The van der Waals surface area contributed by atoms with E-state index in [9.17, 15) is 4.79 Å². The number of thioether (sulfide) groups is 1. The SMILES string of the molecule is CCOc1ccc(/C=C2/SC(=Nc3ccc(C)c(Cl)c3)N(c3ccc(C)c(Cl)c3)C2=O)cc1Cl. The number of hydrogen-bond acceptors (Lipinski definition) is 4. The Hall–Kier alpha value is -2.44. The standard InChI is InChI=1S/C26H21Cl3N2O2S/c1-4-33-23-10-7-17(11-22(23)29)12-24-25(32)31(19-9-6-16(3)21(28)14-19)26(34-24)30-18-8-5-15(2)20(27)13-18/h5-14H,4H2,1-3H3/b24-12+,30-26?. The molecule has 0 unspecified atom stereocenters. The lowest BCUT2D eigenvalue weighted by atomic mass is 10.2. The van der Waals surface area contributed by atoms with Gasteiger partial charge >= 0.3 is 0 Å². The molecule has 0 saturated carbocycles. The number of rotatable bonds is 5. The summed E-state index contributed by atoms with van der Waals surface area (Å²) in [6.07, 6.45) is 1.79. The predicted molar refractivity (Wildman–Crippen MR) is 145 cm³/mol. The second-order valence-corrected chi connectivity index (χ2v) is 9.87. The summed E-state index contributed by atoms with van der Waals surface area (Å²) in [5.41, 5.74) is 3.95. The summed E-state index contributed by atoms with van der Waals surface area (Å²) in [5, 5.41) is 2.18. The molecule has 1 heterocycles. The van der Waals surface area contributed by atoms with E-state index in [1.54, 1.807) is 35.2 Å². The molecule has 3 aromatic carbocycles. The number of ether oxygens (including phenoxy) is 1. The first-order valence-corrected chi connectivity index (χ1v) is 12.5. The minimum absolute atomic E-state index is 0.202. The quantitative estimate of drug-likeness (QED) is 0.310. The van der Waals surface area contributed by atoms with Crippen LogP contribution in [0.2, 0.25) is 15.1 Å². The zero-order valence-electron chi connectivity index (χ0n) is 18.7. The molecule has 3 aromatic rings. The van der Waals surface area contributed by atoms with Gasteiger partial charge in [-0.15, -0.1) is 0 Å². The van der Waals surface area contributed by atoms with Crippen molar-refractivity contribution in [2.45, 2.75) is 20.8 Å². The van der Waals surface area contributed by atoms with Crippen LogP contribution in [-0.2, 0) is 4.79 Å². The van der Waals surface area contributed by atoms with Crippen LogP contribution < -0.4 is 9.64 Å². The fourth-order valence-corrected chi connectivity index (χ4v) is 4.88. The number of amidine groups is 1. The summed E-state index contributed by atoms with van der Waals surface area (Å²) in [6.45, 7) is 6.26. The number of nitrogens with zero attached hydrogens (tertiary/aromatic N) is 2. The Balaban J connectivity index is 1.77. The number of benzene rings is 3. The minimum Gasteiger partial charge on any atom is -0.492 e. The van der Waals surface area contributed by atoms with Gasteiger partial charge in [-0.05, 0) is 91.7 Å². The Labute approximate surface area is 218 Å². The molecule has 1 aliphatic heterocycles. The van der Waals surface area contributed by atoms with E-state index in [4.69, 9.17) is 44.5 Å². The average molecular weight is 532 g/mol. The smallest absolute Gasteiger partial charge is 0.271 e. The monoisotopic (exact) mass is 530 g/mol. The highest BCUT2D eigenvalue weighted by Gasteiger charge is 2.35. The summed E-state index contributed by atoms with van der Waals surface area (Å²) in [6, 6.07) is 16.5. The highest BCUT2D eigenvalue weighted by Crippen LogP contribution is 2.39. The van der Waals surface area contributed by atoms with Gasteiger partial charge in [0.05, 0.1) is 27.9 Å². The fourth-order valence-electron chi connectivity index (χ4n) is 3.29. The van der Waals surface area contributed by atoms with Gasteiger partial charge in [0.25, 0.3) is 5.91 Å². The molecule has 0 atom stereocenters. The van der Waals surface area contributed by atoms with E-state index in [2.05, 4.69) is 0 Å². The van der Waals surface area contributed by atoms with Gasteiger partial charge < -0.3 is 4.74 Å². The van der Waals surface area contributed by atoms with Crippen molar-refractivity contribution in [3.8, 4) is 5.75 Å². The topological polar surface area (TPSA) is 41.9 Å². The van der Waals surface area contributed by atoms with Gasteiger partial charge in [-0.3, -0.25) is 9.69 Å². The van der Waals surface area contributed by atoms with Crippen LogP contribution in [0.5, 0.6) is 5.75 Å². The molecule has 8 heteroatoms. The molecule has 1 saturated heterocycles. The molecular weight excluding hydrogens is 511 g/mol. The number of carbonyl (C=O) groups excluding carboxylic acids is 1. The van der Waals surface area contributed by atoms with Crippen LogP contribution in [0.4, 0.5) is 11.4 Å². The number of aryl methyl sites for hydroxylation is 2. The lowest BCUT2D eigenvalue weighted by Crippen LogP contribution is -2.28. The first kappa shape index (κ1) is 24.7. The average Bonchev–Trinajstić information content (AvgIpc) is 3.09. The maximum absolute atomic E-state index is 13.5. The highest BCUT2D eigenvalue weighted by molar-refractivity contribution is 8.19. The number of carbonyl (C=O) groups is 1. The molecule has 34 heavy (non-hydrogen) atoms. The Kier molecular flexibility index (Phi) is 7.58.